The van der Waals surface area contributed by atoms with E-state index in [4.69, 9.17) is 4.74 Å². The number of carbonyl (C=O) groups excluding carboxylic acids is 2. The average Bonchev–Trinajstić information content (AvgIpc) is 2.89. The van der Waals surface area contributed by atoms with Crippen molar-refractivity contribution in [1.82, 2.24) is 15.1 Å². The molecule has 136 valence electrons. The molecule has 2 aromatic carbocycles. The van der Waals surface area contributed by atoms with Crippen LogP contribution >= 0.6 is 15.9 Å². The number of fused-ring (bicyclic) bond motifs is 2. The van der Waals surface area contributed by atoms with Gasteiger partial charge >= 0.3 is 0 Å². The van der Waals surface area contributed by atoms with Crippen LogP contribution in [0.3, 0.4) is 0 Å². The van der Waals surface area contributed by atoms with Gasteiger partial charge < -0.3 is 4.74 Å². The zero-order valence-corrected chi connectivity index (χ0v) is 15.9. The monoisotopic (exact) mass is 427 g/mol. The van der Waals surface area contributed by atoms with E-state index >= 15 is 0 Å². The Morgan fingerprint density at radius 2 is 1.78 bits per heavy atom. The van der Waals surface area contributed by atoms with Crippen LogP contribution in [0.2, 0.25) is 0 Å². The summed E-state index contributed by atoms with van der Waals surface area (Å²) >= 11 is 3.40. The van der Waals surface area contributed by atoms with E-state index in [1.807, 2.05) is 6.92 Å². The maximum absolute atomic E-state index is 12.6. The molecular weight excluding hydrogens is 414 g/mol. The van der Waals surface area contributed by atoms with Gasteiger partial charge in [0.2, 0.25) is 0 Å². The Morgan fingerprint density at radius 1 is 1.11 bits per heavy atom. The third-order valence-electron chi connectivity index (χ3n) is 4.38. The number of carbonyl (C=O) groups is 2. The lowest BCUT2D eigenvalue weighted by atomic mass is 10.1. The van der Waals surface area contributed by atoms with Crippen LogP contribution in [-0.4, -0.2) is 33.5 Å². The molecule has 1 aromatic heterocycles. The van der Waals surface area contributed by atoms with Crippen molar-refractivity contribution in [2.75, 3.05) is 6.61 Å². The van der Waals surface area contributed by atoms with Crippen LogP contribution in [-0.2, 0) is 6.54 Å². The fraction of sp³-hybridized carbons (Fsp3) is 0.158. The van der Waals surface area contributed by atoms with E-state index in [1.54, 1.807) is 36.4 Å². The maximum Gasteiger partial charge on any atom is 0.275 e. The largest absolute Gasteiger partial charge is 0.493 e. The SMILES string of the molecule is CCOc1cc(Br)cc2c(CN3C(=O)c4ccccc4C3=O)n[nH]c(=O)c12. The van der Waals surface area contributed by atoms with Gasteiger partial charge in [-0.1, -0.05) is 28.1 Å². The number of H-pyrrole nitrogens is 1. The summed E-state index contributed by atoms with van der Waals surface area (Å²) in [6, 6.07) is 10.1. The van der Waals surface area contributed by atoms with E-state index in [0.717, 1.165) is 4.90 Å². The first-order chi connectivity index (χ1) is 13.0. The van der Waals surface area contributed by atoms with E-state index in [0.29, 0.717) is 44.4 Å². The van der Waals surface area contributed by atoms with Crippen molar-refractivity contribution in [3.63, 3.8) is 0 Å². The van der Waals surface area contributed by atoms with E-state index in [1.165, 1.54) is 0 Å². The van der Waals surface area contributed by atoms with Crippen molar-refractivity contribution in [1.29, 1.82) is 0 Å². The number of nitrogens with one attached hydrogen (secondary N) is 1. The summed E-state index contributed by atoms with van der Waals surface area (Å²) < 4.78 is 6.28. The van der Waals surface area contributed by atoms with Crippen LogP contribution in [0.4, 0.5) is 0 Å². The number of hydrogen-bond donors (Lipinski definition) is 1. The van der Waals surface area contributed by atoms with Gasteiger partial charge in [0.05, 0.1) is 35.4 Å². The molecule has 3 aromatic rings. The standard InChI is InChI=1S/C19H14BrN3O4/c1-2-27-15-8-10(20)7-13-14(21-22-17(24)16(13)15)9-23-18(25)11-5-3-4-6-12(11)19(23)26/h3-8H,2,9H2,1H3,(H,22,24). The summed E-state index contributed by atoms with van der Waals surface area (Å²) in [4.78, 5) is 38.7. The summed E-state index contributed by atoms with van der Waals surface area (Å²) in [6.45, 7) is 2.16. The summed E-state index contributed by atoms with van der Waals surface area (Å²) in [5, 5.41) is 7.38. The normalized spacial score (nSPS) is 13.3. The average molecular weight is 428 g/mol. The second-order valence-electron chi connectivity index (χ2n) is 6.00. The van der Waals surface area contributed by atoms with Gasteiger partial charge in [-0.2, -0.15) is 5.10 Å². The highest BCUT2D eigenvalue weighted by molar-refractivity contribution is 9.10. The second-order valence-corrected chi connectivity index (χ2v) is 6.92. The number of halogens is 1. The lowest BCUT2D eigenvalue weighted by Crippen LogP contribution is -2.30. The molecule has 1 N–H and O–H groups in total. The number of aromatic amines is 1. The molecule has 0 spiro atoms. The number of imide groups is 1. The molecule has 1 aliphatic rings. The Kier molecular flexibility index (Phi) is 4.27. The van der Waals surface area contributed by atoms with Crippen molar-refractivity contribution in [3.05, 3.63) is 68.0 Å². The molecule has 0 bridgehead atoms. The predicted octanol–water partition coefficient (Wildman–Crippen LogP) is 2.88. The van der Waals surface area contributed by atoms with Crippen LogP contribution in [0, 0.1) is 0 Å². The number of nitrogens with zero attached hydrogens (tertiary/aromatic N) is 2. The molecule has 4 rings (SSSR count). The Bertz CT molecular complexity index is 1120. The minimum absolute atomic E-state index is 0.0539. The van der Waals surface area contributed by atoms with Gasteiger partial charge in [-0.3, -0.25) is 19.3 Å². The van der Waals surface area contributed by atoms with Crippen LogP contribution in [0.25, 0.3) is 10.8 Å². The lowest BCUT2D eigenvalue weighted by Gasteiger charge is -2.15. The number of hydrogen-bond acceptors (Lipinski definition) is 5. The van der Waals surface area contributed by atoms with Gasteiger partial charge in [0, 0.05) is 9.86 Å². The highest BCUT2D eigenvalue weighted by Gasteiger charge is 2.35. The number of aromatic nitrogens is 2. The Hall–Kier alpha value is -3.00. The molecule has 7 nitrogen and oxygen atoms in total. The van der Waals surface area contributed by atoms with E-state index in [9.17, 15) is 14.4 Å². The van der Waals surface area contributed by atoms with Crippen molar-refractivity contribution >= 4 is 38.5 Å². The molecule has 8 heteroatoms. The molecule has 0 saturated heterocycles. The minimum atomic E-state index is -0.396. The molecule has 0 radical (unpaired) electrons. The van der Waals surface area contributed by atoms with E-state index in [-0.39, 0.29) is 18.4 Å². The van der Waals surface area contributed by atoms with Gasteiger partial charge in [0.1, 0.15) is 5.75 Å². The number of amides is 2. The Balaban J connectivity index is 1.82. The minimum Gasteiger partial charge on any atom is -0.493 e. The molecule has 2 amide bonds. The summed E-state index contributed by atoms with van der Waals surface area (Å²) in [5.41, 5.74) is 0.744. The molecule has 0 fully saturated rings. The molecule has 0 unspecified atom stereocenters. The van der Waals surface area contributed by atoms with Crippen molar-refractivity contribution in [2.45, 2.75) is 13.5 Å². The molecule has 1 aliphatic heterocycles. The van der Waals surface area contributed by atoms with Crippen LogP contribution in [0.15, 0.2) is 45.7 Å². The van der Waals surface area contributed by atoms with Crippen molar-refractivity contribution < 1.29 is 14.3 Å². The molecule has 0 aliphatic carbocycles. The summed E-state index contributed by atoms with van der Waals surface area (Å²) in [6.07, 6.45) is 0. The molecule has 0 atom stereocenters. The summed E-state index contributed by atoms with van der Waals surface area (Å²) in [5.74, 6) is -0.345. The number of benzene rings is 2. The lowest BCUT2D eigenvalue weighted by molar-refractivity contribution is 0.0641. The molecule has 0 saturated carbocycles. The zero-order valence-electron chi connectivity index (χ0n) is 14.3. The number of ether oxygens (including phenoxy) is 1. The first-order valence-electron chi connectivity index (χ1n) is 8.30. The molecular formula is C19H14BrN3O4. The van der Waals surface area contributed by atoms with Crippen molar-refractivity contribution in [2.24, 2.45) is 0 Å². The van der Waals surface area contributed by atoms with E-state index in [2.05, 4.69) is 26.1 Å². The fourth-order valence-corrected chi connectivity index (χ4v) is 3.64. The van der Waals surface area contributed by atoms with Crippen LogP contribution < -0.4 is 10.3 Å². The first kappa shape index (κ1) is 17.4. The van der Waals surface area contributed by atoms with Crippen LogP contribution in [0.1, 0.15) is 33.3 Å². The highest BCUT2D eigenvalue weighted by atomic mass is 79.9. The van der Waals surface area contributed by atoms with Crippen molar-refractivity contribution in [3.8, 4) is 5.75 Å². The topological polar surface area (TPSA) is 92.4 Å². The Morgan fingerprint density at radius 3 is 2.41 bits per heavy atom. The second kappa shape index (κ2) is 6.62. The smallest absolute Gasteiger partial charge is 0.275 e. The van der Waals surface area contributed by atoms with Gasteiger partial charge in [-0.05, 0) is 31.2 Å². The van der Waals surface area contributed by atoms with Gasteiger partial charge in [-0.25, -0.2) is 5.10 Å². The van der Waals surface area contributed by atoms with Gasteiger partial charge in [-0.15, -0.1) is 0 Å². The molecule has 2 heterocycles. The third-order valence-corrected chi connectivity index (χ3v) is 4.84. The molecule has 27 heavy (non-hydrogen) atoms. The zero-order chi connectivity index (χ0) is 19.1. The van der Waals surface area contributed by atoms with Gasteiger partial charge in [0.25, 0.3) is 17.4 Å². The predicted molar refractivity (Wildman–Crippen MR) is 102 cm³/mol. The maximum atomic E-state index is 12.6. The Labute approximate surface area is 162 Å². The third kappa shape index (κ3) is 2.82. The van der Waals surface area contributed by atoms with E-state index < -0.39 is 5.56 Å². The van der Waals surface area contributed by atoms with Crippen LogP contribution in [0.5, 0.6) is 5.75 Å². The highest BCUT2D eigenvalue weighted by Crippen LogP contribution is 2.31. The van der Waals surface area contributed by atoms with Gasteiger partial charge in [0.15, 0.2) is 0 Å². The number of rotatable bonds is 4. The first-order valence-corrected chi connectivity index (χ1v) is 9.09. The quantitative estimate of drug-likeness (QED) is 0.646. The fourth-order valence-electron chi connectivity index (χ4n) is 3.20. The summed E-state index contributed by atoms with van der Waals surface area (Å²) in [7, 11) is 0.